The van der Waals surface area contributed by atoms with E-state index in [1.165, 1.54) is 198 Å². The number of imide groups is 1. The maximum Gasteiger partial charge on any atom is 0.263 e. The topological polar surface area (TPSA) is 63.2 Å². The van der Waals surface area contributed by atoms with Gasteiger partial charge in [-0.3, -0.25) is 14.5 Å². The average molecular weight is 1260 g/mol. The Balaban J connectivity index is 1.08. The van der Waals surface area contributed by atoms with Gasteiger partial charge >= 0.3 is 0 Å². The van der Waals surface area contributed by atoms with Crippen molar-refractivity contribution in [1.82, 2.24) is 13.6 Å². The highest BCUT2D eigenvalue weighted by Gasteiger charge is 2.52. The maximum absolute atomic E-state index is 14.6. The molecule has 13 heteroatoms. The Morgan fingerprint density at radius 2 is 0.819 bits per heavy atom. The van der Waals surface area contributed by atoms with Crippen molar-refractivity contribution in [3.05, 3.63) is 57.3 Å². The molecule has 7 aromatic rings. The Bertz CT molecular complexity index is 3310. The molecule has 83 heavy (non-hydrogen) atoms. The molecule has 0 fully saturated rings. The molecular weight excluding hydrogens is 1160 g/mol. The van der Waals surface area contributed by atoms with Gasteiger partial charge in [-0.2, -0.15) is 8.75 Å². The zero-order valence-electron chi connectivity index (χ0n) is 52.5. The summed E-state index contributed by atoms with van der Waals surface area (Å²) in [4.78, 5) is 43.9. The van der Waals surface area contributed by atoms with E-state index in [1.807, 2.05) is 22.7 Å². The predicted octanol–water partition coefficient (Wildman–Crippen LogP) is 21.5. The Hall–Kier alpha value is -2.89. The molecule has 5 nitrogen and oxygen atoms in total. The van der Waals surface area contributed by atoms with E-state index >= 15 is 0 Å². The summed E-state index contributed by atoms with van der Waals surface area (Å²) in [6.07, 6.45) is 27.2. The number of carbonyl (C=O) groups excluding carboxylic acids is 2. The molecule has 3 aliphatic heterocycles. The van der Waals surface area contributed by atoms with E-state index in [4.69, 9.17) is 8.75 Å². The Labute approximate surface area is 526 Å². The van der Waals surface area contributed by atoms with Crippen molar-refractivity contribution in [2.75, 3.05) is 6.54 Å². The van der Waals surface area contributed by atoms with Gasteiger partial charge in [0.05, 0.1) is 27.7 Å². The smallest absolute Gasteiger partial charge is 0.263 e. The summed E-state index contributed by atoms with van der Waals surface area (Å²) < 4.78 is 10.5. The van der Waals surface area contributed by atoms with Crippen LogP contribution in [0.3, 0.4) is 0 Å². The number of thiophene rings is 5. The molecule has 0 saturated heterocycles. The fraction of sp³-hybridized carbons (Fsp3) is 0.600. The Morgan fingerprint density at radius 3 is 1.27 bits per heavy atom. The highest BCUT2D eigenvalue weighted by molar-refractivity contribution is 7.33. The molecular formula is C70H97N3O2S6Si2. The van der Waals surface area contributed by atoms with Gasteiger partial charge in [-0.1, -0.05) is 209 Å². The van der Waals surface area contributed by atoms with Crippen molar-refractivity contribution in [3.8, 4) is 50.1 Å². The Kier molecular flexibility index (Phi) is 21.4. The zero-order valence-corrected chi connectivity index (χ0v) is 59.4. The third-order valence-corrected chi connectivity index (χ3v) is 38.3. The first-order chi connectivity index (χ1) is 40.4. The summed E-state index contributed by atoms with van der Waals surface area (Å²) in [7, 11) is -4.55. The molecule has 0 N–H and O–H groups in total. The van der Waals surface area contributed by atoms with Gasteiger partial charge in [-0.05, 0) is 113 Å². The van der Waals surface area contributed by atoms with Gasteiger partial charge in [-0.15, -0.1) is 56.7 Å². The van der Waals surface area contributed by atoms with E-state index in [0.717, 1.165) is 51.9 Å². The number of carbonyl (C=O) groups is 2. The number of aromatic nitrogens is 2. The second-order valence-corrected chi connectivity index (χ2v) is 40.0. The molecule has 0 aliphatic carbocycles. The lowest BCUT2D eigenvalue weighted by Gasteiger charge is -2.35. The molecule has 1 aromatic carbocycles. The summed E-state index contributed by atoms with van der Waals surface area (Å²) in [5, 5.41) is 6.79. The lowest BCUT2D eigenvalue weighted by Crippen LogP contribution is -2.56. The number of fused-ring (bicyclic) bond motifs is 8. The van der Waals surface area contributed by atoms with Gasteiger partial charge < -0.3 is 0 Å². The van der Waals surface area contributed by atoms with Gasteiger partial charge in [-0.25, -0.2) is 0 Å². The highest BCUT2D eigenvalue weighted by atomic mass is 32.1. The van der Waals surface area contributed by atoms with Crippen LogP contribution >= 0.6 is 68.4 Å². The fourth-order valence-electron chi connectivity index (χ4n) is 15.3. The van der Waals surface area contributed by atoms with E-state index in [1.54, 1.807) is 46.7 Å². The quantitative estimate of drug-likeness (QED) is 0.0229. The van der Waals surface area contributed by atoms with E-state index in [9.17, 15) is 9.59 Å². The van der Waals surface area contributed by atoms with Crippen LogP contribution < -0.4 is 20.7 Å². The second kappa shape index (κ2) is 28.1. The lowest BCUT2D eigenvalue weighted by atomic mass is 10.0. The summed E-state index contributed by atoms with van der Waals surface area (Å²) in [6, 6.07) is 20.8. The van der Waals surface area contributed by atoms with E-state index in [0.29, 0.717) is 29.5 Å². The first-order valence-electron chi connectivity index (χ1n) is 33.2. The van der Waals surface area contributed by atoms with Gasteiger partial charge in [0.2, 0.25) is 0 Å². The number of amides is 2. The molecule has 0 bridgehead atoms. The van der Waals surface area contributed by atoms with Gasteiger partial charge in [0.1, 0.15) is 27.2 Å². The predicted molar refractivity (Wildman–Crippen MR) is 375 cm³/mol. The first kappa shape index (κ1) is 63.1. The number of hydrogen-bond acceptors (Lipinski definition) is 10. The second-order valence-electron chi connectivity index (χ2n) is 25.7. The number of hydrogen-bond donors (Lipinski definition) is 0. The van der Waals surface area contributed by atoms with Crippen LogP contribution in [0.2, 0.25) is 24.2 Å². The first-order valence-corrected chi connectivity index (χ1v) is 42.8. The maximum atomic E-state index is 14.6. The summed E-state index contributed by atoms with van der Waals surface area (Å²) >= 11 is 11.1. The fourth-order valence-corrected chi connectivity index (χ4v) is 37.9. The Morgan fingerprint density at radius 1 is 0.434 bits per heavy atom. The van der Waals surface area contributed by atoms with Crippen molar-refractivity contribution in [3.63, 3.8) is 0 Å². The zero-order chi connectivity index (χ0) is 58.6. The van der Waals surface area contributed by atoms with Crippen LogP contribution in [0.15, 0.2) is 36.4 Å². The number of nitrogens with zero attached hydrogens (tertiary/aromatic N) is 3. The average Bonchev–Trinajstić information content (AvgIpc) is 2.27. The third-order valence-electron chi connectivity index (χ3n) is 20.2. The van der Waals surface area contributed by atoms with E-state index < -0.39 is 16.1 Å². The molecule has 9 heterocycles. The molecule has 4 atom stereocenters. The van der Waals surface area contributed by atoms with Crippen LogP contribution in [0.1, 0.15) is 234 Å². The van der Waals surface area contributed by atoms with Crippen LogP contribution in [0.25, 0.3) is 61.2 Å². The molecule has 4 unspecified atom stereocenters. The number of benzene rings is 1. The van der Waals surface area contributed by atoms with Crippen molar-refractivity contribution in [2.45, 2.75) is 242 Å². The minimum absolute atomic E-state index is 0.0744. The van der Waals surface area contributed by atoms with Crippen LogP contribution in [0, 0.1) is 37.5 Å². The van der Waals surface area contributed by atoms with Crippen molar-refractivity contribution in [1.29, 1.82) is 0 Å². The minimum Gasteiger partial charge on any atom is -0.274 e. The van der Waals surface area contributed by atoms with Gasteiger partial charge in [0.15, 0.2) is 0 Å². The highest BCUT2D eigenvalue weighted by Crippen LogP contribution is 2.53. The van der Waals surface area contributed by atoms with Gasteiger partial charge in [0.25, 0.3) is 11.8 Å². The number of aryl methyl sites for hydroxylation is 2. The third kappa shape index (κ3) is 12.2. The largest absolute Gasteiger partial charge is 0.274 e. The molecule has 2 amide bonds. The lowest BCUT2D eigenvalue weighted by molar-refractivity contribution is 0.0651. The van der Waals surface area contributed by atoms with Gasteiger partial charge in [0, 0.05) is 61.6 Å². The molecule has 10 rings (SSSR count). The molecule has 0 spiro atoms. The van der Waals surface area contributed by atoms with E-state index in [-0.39, 0.29) is 11.8 Å². The molecule has 0 saturated carbocycles. The minimum atomic E-state index is -2.43. The molecule has 0 radical (unpaired) electrons. The summed E-state index contributed by atoms with van der Waals surface area (Å²) in [5.74, 6) is 2.69. The normalized spacial score (nSPS) is 18.6. The van der Waals surface area contributed by atoms with Crippen LogP contribution in [-0.4, -0.2) is 48.2 Å². The van der Waals surface area contributed by atoms with Crippen molar-refractivity contribution >= 4 is 128 Å². The number of rotatable bonds is 34. The van der Waals surface area contributed by atoms with Crippen LogP contribution in [0.4, 0.5) is 0 Å². The standard InChI is InChI=1S/C70H97N3O2S6Si2/c1-12-21-26-27-28-29-36-73-69(74)60-46(11)77-64(61(60)70(73)75)55-40-59-68(80-55)67-58(83(59,43-49(19-8)32-24-15-4)44-50(20-9)33-25-16-5)39-54(79-67)52-35-34-51(62-63(52)72-81-71-62)53-38-57-66(78-53)65-56(37-45(10)76-65)82(57,41-47(17-6)30-22-13-2)42-48(18-7)31-23-14-3/h34-35,37-40,47-50H,12-33,36,41-44H2,1-11H3. The van der Waals surface area contributed by atoms with Crippen molar-refractivity contribution < 1.29 is 9.59 Å². The number of unbranched alkanes of at least 4 members (excludes halogenated alkanes) is 9. The van der Waals surface area contributed by atoms with Crippen LogP contribution in [-0.2, 0) is 0 Å². The van der Waals surface area contributed by atoms with Crippen LogP contribution in [0.5, 0.6) is 0 Å². The monoisotopic (exact) mass is 1260 g/mol. The summed E-state index contributed by atoms with van der Waals surface area (Å²) in [6.45, 7) is 26.5. The summed E-state index contributed by atoms with van der Waals surface area (Å²) in [5.41, 5.74) is 5.93. The van der Waals surface area contributed by atoms with Crippen molar-refractivity contribution in [2.24, 2.45) is 23.7 Å². The SMILES string of the molecule is CCCCCCCCN1C(=O)c2c(C)sc(-c3cc4c(s3)-c3sc(-c5ccc(-c6cc7c(s6)-c6sc(C)cc6[Si]7(CC(CC)CCCC)CC(CC)CCCC)c6nsnc56)cc3[Si]4(CC(CC)CCCC)CC(CC)CCCC)c2C1=O. The molecule has 448 valence electrons. The van der Waals surface area contributed by atoms with E-state index in [2.05, 4.69) is 135 Å². The molecule has 3 aliphatic rings. The molecule has 6 aromatic heterocycles.